The molecule has 6 nitrogen and oxygen atoms in total. The molecule has 0 radical (unpaired) electrons. The molecule has 1 aromatic heterocycles. The highest BCUT2D eigenvalue weighted by Crippen LogP contribution is 2.33. The summed E-state index contributed by atoms with van der Waals surface area (Å²) >= 11 is 0. The number of unbranched alkanes of at least 4 members (excludes halogenated alkanes) is 3. The molecule has 0 saturated heterocycles. The molecule has 3 aromatic rings. The fourth-order valence-electron chi connectivity index (χ4n) is 4.89. The maximum absolute atomic E-state index is 13.8. The van der Waals surface area contributed by atoms with Gasteiger partial charge < -0.3 is 20.3 Å². The standard InChI is InChI=1S/C30H39FN4O2/c1-21(35(2)3)22-11-10-12-24(19-22)37-30(36)33-18-9-5-4-8-17-32-29-25-13-6-7-14-27(25)34-28-20-23(31)15-16-26(28)29/h10-12,15-16,19-21H,4-9,13-14,17-18H2,1-3H3,(H,32,34)(H,33,36)/t21-/m0/s1. The molecule has 2 aromatic carbocycles. The summed E-state index contributed by atoms with van der Waals surface area (Å²) in [5.74, 6) is 0.315. The van der Waals surface area contributed by atoms with Gasteiger partial charge in [-0.15, -0.1) is 0 Å². The number of pyridine rings is 1. The number of ether oxygens (including phenoxy) is 1. The topological polar surface area (TPSA) is 66.5 Å². The molecule has 0 saturated carbocycles. The molecule has 1 atom stereocenters. The first-order valence-electron chi connectivity index (χ1n) is 13.5. The summed E-state index contributed by atoms with van der Waals surface area (Å²) in [5.41, 5.74) is 5.39. The van der Waals surface area contributed by atoms with Gasteiger partial charge >= 0.3 is 6.09 Å². The molecule has 0 spiro atoms. The summed E-state index contributed by atoms with van der Waals surface area (Å²) < 4.78 is 19.2. The van der Waals surface area contributed by atoms with Gasteiger partial charge in [-0.25, -0.2) is 9.18 Å². The number of nitrogens with zero attached hydrogens (tertiary/aromatic N) is 2. The van der Waals surface area contributed by atoms with Crippen molar-refractivity contribution in [3.8, 4) is 5.75 Å². The van der Waals surface area contributed by atoms with Gasteiger partial charge in [0.15, 0.2) is 0 Å². The Morgan fingerprint density at radius 3 is 2.65 bits per heavy atom. The van der Waals surface area contributed by atoms with Gasteiger partial charge in [-0.1, -0.05) is 25.0 Å². The number of carbonyl (C=O) groups excluding carboxylic acids is 1. The van der Waals surface area contributed by atoms with Gasteiger partial charge in [0.25, 0.3) is 0 Å². The highest BCUT2D eigenvalue weighted by Gasteiger charge is 2.18. The quantitative estimate of drug-likeness (QED) is 0.286. The molecule has 1 aliphatic carbocycles. The highest BCUT2D eigenvalue weighted by atomic mass is 19.1. The third-order valence-corrected chi connectivity index (χ3v) is 7.23. The third kappa shape index (κ3) is 7.19. The van der Waals surface area contributed by atoms with Crippen molar-refractivity contribution in [2.75, 3.05) is 32.5 Å². The van der Waals surface area contributed by atoms with Crippen LogP contribution in [-0.2, 0) is 12.8 Å². The Morgan fingerprint density at radius 1 is 1.05 bits per heavy atom. The fraction of sp³-hybridized carbons (Fsp3) is 0.467. The number of aryl methyl sites for hydroxylation is 1. The number of benzene rings is 2. The van der Waals surface area contributed by atoms with Crippen molar-refractivity contribution in [2.24, 2.45) is 0 Å². The molecule has 0 bridgehead atoms. The van der Waals surface area contributed by atoms with E-state index in [2.05, 4.69) is 22.5 Å². The van der Waals surface area contributed by atoms with Crippen molar-refractivity contribution >= 4 is 22.7 Å². The Hall–Kier alpha value is -3.19. The van der Waals surface area contributed by atoms with Crippen molar-refractivity contribution in [3.63, 3.8) is 0 Å². The third-order valence-electron chi connectivity index (χ3n) is 7.23. The molecular weight excluding hydrogens is 467 g/mol. The molecule has 0 aliphatic heterocycles. The zero-order chi connectivity index (χ0) is 26.2. The molecule has 1 amide bonds. The SMILES string of the molecule is C[C@@H](c1cccc(OC(=O)NCCCCCCNc2c3c(nc4cc(F)ccc24)CCCC3)c1)N(C)C. The van der Waals surface area contributed by atoms with Gasteiger partial charge in [-0.2, -0.15) is 0 Å². The van der Waals surface area contributed by atoms with E-state index in [0.717, 1.165) is 79.3 Å². The average molecular weight is 507 g/mol. The molecule has 2 N–H and O–H groups in total. The van der Waals surface area contributed by atoms with Gasteiger partial charge in [-0.3, -0.25) is 4.98 Å². The Morgan fingerprint density at radius 2 is 1.84 bits per heavy atom. The van der Waals surface area contributed by atoms with E-state index in [-0.39, 0.29) is 11.9 Å². The first kappa shape index (κ1) is 26.9. The van der Waals surface area contributed by atoms with Crippen molar-refractivity contribution in [1.29, 1.82) is 0 Å². The van der Waals surface area contributed by atoms with E-state index in [0.29, 0.717) is 12.3 Å². The zero-order valence-corrected chi connectivity index (χ0v) is 22.3. The first-order valence-corrected chi connectivity index (χ1v) is 13.5. The lowest BCUT2D eigenvalue weighted by molar-refractivity contribution is 0.200. The summed E-state index contributed by atoms with van der Waals surface area (Å²) in [4.78, 5) is 19.0. The Bertz CT molecular complexity index is 1210. The number of anilines is 1. The summed E-state index contributed by atoms with van der Waals surface area (Å²) in [5, 5.41) is 7.50. The predicted octanol–water partition coefficient (Wildman–Crippen LogP) is 6.64. The minimum absolute atomic E-state index is 0.242. The van der Waals surface area contributed by atoms with E-state index in [4.69, 9.17) is 9.72 Å². The number of halogens is 1. The fourth-order valence-corrected chi connectivity index (χ4v) is 4.89. The number of aromatic nitrogens is 1. The van der Waals surface area contributed by atoms with Gasteiger partial charge in [0.1, 0.15) is 11.6 Å². The van der Waals surface area contributed by atoms with Crippen LogP contribution >= 0.6 is 0 Å². The maximum atomic E-state index is 13.8. The minimum Gasteiger partial charge on any atom is -0.410 e. The van der Waals surface area contributed by atoms with E-state index < -0.39 is 6.09 Å². The van der Waals surface area contributed by atoms with E-state index in [1.165, 1.54) is 24.1 Å². The number of hydrogen-bond donors (Lipinski definition) is 2. The lowest BCUT2D eigenvalue weighted by Gasteiger charge is -2.21. The minimum atomic E-state index is -0.415. The van der Waals surface area contributed by atoms with Crippen molar-refractivity contribution in [1.82, 2.24) is 15.2 Å². The van der Waals surface area contributed by atoms with Crippen molar-refractivity contribution < 1.29 is 13.9 Å². The van der Waals surface area contributed by atoms with E-state index in [1.807, 2.05) is 38.4 Å². The van der Waals surface area contributed by atoms with Crippen LogP contribution in [0.4, 0.5) is 14.9 Å². The van der Waals surface area contributed by atoms with Crippen LogP contribution in [0, 0.1) is 5.82 Å². The van der Waals surface area contributed by atoms with Crippen LogP contribution in [0.15, 0.2) is 42.5 Å². The average Bonchev–Trinajstić information content (AvgIpc) is 2.89. The van der Waals surface area contributed by atoms with Crippen LogP contribution in [0.1, 0.15) is 68.3 Å². The summed E-state index contributed by atoms with van der Waals surface area (Å²) in [6, 6.07) is 12.8. The van der Waals surface area contributed by atoms with Crippen molar-refractivity contribution in [2.45, 2.75) is 64.3 Å². The second-order valence-electron chi connectivity index (χ2n) is 10.1. The van der Waals surface area contributed by atoms with Crippen LogP contribution in [0.5, 0.6) is 5.75 Å². The van der Waals surface area contributed by atoms with Crippen molar-refractivity contribution in [3.05, 3.63) is 65.1 Å². The number of amides is 1. The Balaban J connectivity index is 1.17. The monoisotopic (exact) mass is 506 g/mol. The molecule has 0 fully saturated rings. The van der Waals surface area contributed by atoms with Crippen LogP contribution in [-0.4, -0.2) is 43.2 Å². The highest BCUT2D eigenvalue weighted by molar-refractivity contribution is 5.93. The molecule has 0 unspecified atom stereocenters. The van der Waals surface area contributed by atoms with Gasteiger partial charge in [0.2, 0.25) is 0 Å². The molecular formula is C30H39FN4O2. The zero-order valence-electron chi connectivity index (χ0n) is 22.3. The Kier molecular flexibility index (Phi) is 9.34. The predicted molar refractivity (Wildman–Crippen MR) is 148 cm³/mol. The lowest BCUT2D eigenvalue weighted by atomic mass is 9.92. The molecule has 1 aliphatic rings. The number of fused-ring (bicyclic) bond motifs is 2. The molecule has 7 heteroatoms. The number of hydrogen-bond acceptors (Lipinski definition) is 5. The second kappa shape index (κ2) is 12.9. The van der Waals surface area contributed by atoms with Crippen LogP contribution < -0.4 is 15.4 Å². The van der Waals surface area contributed by atoms with E-state index in [1.54, 1.807) is 6.07 Å². The molecule has 4 rings (SSSR count). The van der Waals surface area contributed by atoms with E-state index in [9.17, 15) is 9.18 Å². The van der Waals surface area contributed by atoms with Gasteiger partial charge in [0, 0.05) is 42.0 Å². The second-order valence-corrected chi connectivity index (χ2v) is 10.1. The number of carbonyl (C=O) groups is 1. The lowest BCUT2D eigenvalue weighted by Crippen LogP contribution is -2.27. The van der Waals surface area contributed by atoms with Crippen LogP contribution in [0.3, 0.4) is 0 Å². The van der Waals surface area contributed by atoms with Crippen LogP contribution in [0.25, 0.3) is 10.9 Å². The summed E-state index contributed by atoms with van der Waals surface area (Å²) in [6.07, 6.45) is 7.91. The normalized spacial score (nSPS) is 13.9. The first-order chi connectivity index (χ1) is 17.9. The molecule has 198 valence electrons. The van der Waals surface area contributed by atoms with E-state index >= 15 is 0 Å². The molecule has 1 heterocycles. The van der Waals surface area contributed by atoms with Gasteiger partial charge in [-0.05, 0) is 94.9 Å². The summed E-state index contributed by atoms with van der Waals surface area (Å²) in [7, 11) is 4.05. The number of rotatable bonds is 11. The number of nitrogens with one attached hydrogen (secondary N) is 2. The largest absolute Gasteiger partial charge is 0.412 e. The smallest absolute Gasteiger partial charge is 0.410 e. The van der Waals surface area contributed by atoms with Crippen LogP contribution in [0.2, 0.25) is 0 Å². The Labute approximate surface area is 219 Å². The molecule has 37 heavy (non-hydrogen) atoms. The summed E-state index contributed by atoms with van der Waals surface area (Å²) in [6.45, 7) is 3.57. The van der Waals surface area contributed by atoms with Gasteiger partial charge in [0.05, 0.1) is 5.52 Å². The maximum Gasteiger partial charge on any atom is 0.412 e.